The van der Waals surface area contributed by atoms with Crippen LogP contribution in [0, 0.1) is 17.4 Å². The average Bonchev–Trinajstić information content (AvgIpc) is 2.78. The number of quaternary nitrogens is 1. The summed E-state index contributed by atoms with van der Waals surface area (Å²) in [5, 5.41) is 15.6. The van der Waals surface area contributed by atoms with Crippen molar-refractivity contribution >= 4 is 17.9 Å². The molecule has 168 valence electrons. The highest BCUT2D eigenvalue weighted by molar-refractivity contribution is 7.97. The Morgan fingerprint density at radius 2 is 2.10 bits per heavy atom. The topological polar surface area (TPSA) is 95.1 Å². The highest BCUT2D eigenvalue weighted by Gasteiger charge is 2.13. The zero-order chi connectivity index (χ0) is 21.3. The van der Waals surface area contributed by atoms with Crippen molar-refractivity contribution in [3.63, 3.8) is 0 Å². The monoisotopic (exact) mass is 437 g/mol. The number of unbranched alkanes of at least 4 members (excludes halogenated alkanes) is 3. The summed E-state index contributed by atoms with van der Waals surface area (Å²) >= 11 is 1.66. The molecule has 1 fully saturated rings. The molecule has 1 aliphatic carbocycles. The number of nitrogens with one attached hydrogen (secondary N) is 4. The SMILES string of the molecule is CO[NH+]1C=CC(NC(=NCCCCCCSNOCC2CCCCC2)NC#N)=CC1. The molecule has 0 bridgehead atoms. The van der Waals surface area contributed by atoms with E-state index in [0.29, 0.717) is 12.5 Å². The number of hydrogen-bond donors (Lipinski definition) is 4. The van der Waals surface area contributed by atoms with E-state index in [1.807, 2.05) is 24.5 Å². The molecule has 0 aromatic carbocycles. The molecule has 2 rings (SSSR count). The van der Waals surface area contributed by atoms with E-state index in [2.05, 4.69) is 20.5 Å². The summed E-state index contributed by atoms with van der Waals surface area (Å²) in [6.45, 7) is 2.27. The third-order valence-corrected chi connectivity index (χ3v) is 5.99. The summed E-state index contributed by atoms with van der Waals surface area (Å²) in [4.78, 5) is 18.3. The molecule has 1 saturated carbocycles. The predicted octanol–water partition coefficient (Wildman–Crippen LogP) is 2.17. The van der Waals surface area contributed by atoms with Gasteiger partial charge in [0.05, 0.1) is 13.7 Å². The van der Waals surface area contributed by atoms with E-state index < -0.39 is 0 Å². The van der Waals surface area contributed by atoms with Crippen LogP contribution in [0.25, 0.3) is 0 Å². The summed E-state index contributed by atoms with van der Waals surface area (Å²) in [5.74, 6) is 2.29. The average molecular weight is 438 g/mol. The number of allylic oxidation sites excluding steroid dienone is 1. The van der Waals surface area contributed by atoms with Gasteiger partial charge in [-0.1, -0.05) is 44.1 Å². The summed E-state index contributed by atoms with van der Waals surface area (Å²) in [5.41, 5.74) is 0.910. The lowest BCUT2D eigenvalue weighted by Crippen LogP contribution is -3.06. The molecule has 1 heterocycles. The number of aliphatic imine (C=N–C) groups is 1. The minimum atomic E-state index is 0.490. The Morgan fingerprint density at radius 3 is 2.83 bits per heavy atom. The van der Waals surface area contributed by atoms with Crippen LogP contribution in [0.2, 0.25) is 0 Å². The number of hydroxylamine groups is 2. The lowest BCUT2D eigenvalue weighted by molar-refractivity contribution is -1.04. The Kier molecular flexibility index (Phi) is 13.3. The van der Waals surface area contributed by atoms with E-state index in [4.69, 9.17) is 14.9 Å². The first-order valence-corrected chi connectivity index (χ1v) is 12.0. The Morgan fingerprint density at radius 1 is 1.27 bits per heavy atom. The van der Waals surface area contributed by atoms with Crippen LogP contribution < -0.4 is 20.6 Å². The number of nitrogens with zero attached hydrogens (tertiary/aromatic N) is 2. The minimum Gasteiger partial charge on any atom is -0.325 e. The van der Waals surface area contributed by atoms with E-state index in [-0.39, 0.29) is 0 Å². The lowest BCUT2D eigenvalue weighted by atomic mass is 9.90. The largest absolute Gasteiger partial charge is 0.325 e. The Hall–Kier alpha value is -1.57. The molecule has 0 radical (unpaired) electrons. The number of guanidine groups is 1. The quantitative estimate of drug-likeness (QED) is 0.0667. The van der Waals surface area contributed by atoms with Gasteiger partial charge in [-0.15, -0.1) is 4.89 Å². The second-order valence-electron chi connectivity index (χ2n) is 7.62. The molecule has 1 atom stereocenters. The van der Waals surface area contributed by atoms with Crippen LogP contribution in [0.3, 0.4) is 0 Å². The van der Waals surface area contributed by atoms with Crippen LogP contribution in [-0.2, 0) is 9.68 Å². The van der Waals surface area contributed by atoms with E-state index in [0.717, 1.165) is 54.8 Å². The van der Waals surface area contributed by atoms with Gasteiger partial charge in [0.1, 0.15) is 12.7 Å². The van der Waals surface area contributed by atoms with Gasteiger partial charge in [0, 0.05) is 24.1 Å². The fourth-order valence-corrected chi connectivity index (χ4v) is 4.08. The second kappa shape index (κ2) is 16.2. The lowest BCUT2D eigenvalue weighted by Gasteiger charge is -2.20. The van der Waals surface area contributed by atoms with Gasteiger partial charge in [0.15, 0.2) is 6.19 Å². The predicted molar refractivity (Wildman–Crippen MR) is 121 cm³/mol. The van der Waals surface area contributed by atoms with Gasteiger partial charge < -0.3 is 5.32 Å². The first-order valence-electron chi connectivity index (χ1n) is 11.0. The maximum Gasteiger partial charge on any atom is 0.209 e. The third kappa shape index (κ3) is 11.0. The van der Waals surface area contributed by atoms with Crippen LogP contribution >= 0.6 is 11.9 Å². The van der Waals surface area contributed by atoms with Gasteiger partial charge in [-0.25, -0.2) is 4.84 Å². The highest BCUT2D eigenvalue weighted by Crippen LogP contribution is 2.23. The fourth-order valence-electron chi connectivity index (χ4n) is 3.49. The van der Waals surface area contributed by atoms with Crippen molar-refractivity contribution in [3.8, 4) is 6.19 Å². The zero-order valence-electron chi connectivity index (χ0n) is 18.1. The Labute approximate surface area is 185 Å². The van der Waals surface area contributed by atoms with Crippen LogP contribution in [0.1, 0.15) is 57.8 Å². The van der Waals surface area contributed by atoms with Crippen molar-refractivity contribution in [3.05, 3.63) is 24.0 Å². The van der Waals surface area contributed by atoms with Crippen LogP contribution in [0.15, 0.2) is 29.0 Å². The van der Waals surface area contributed by atoms with Gasteiger partial charge >= 0.3 is 0 Å². The first-order chi connectivity index (χ1) is 14.8. The van der Waals surface area contributed by atoms with Gasteiger partial charge in [-0.05, 0) is 37.7 Å². The number of hydrogen-bond acceptors (Lipinski definition) is 6. The molecule has 9 heteroatoms. The fraction of sp³-hybridized carbons (Fsp3) is 0.714. The molecule has 0 spiro atoms. The van der Waals surface area contributed by atoms with Crippen molar-refractivity contribution in [1.29, 1.82) is 5.26 Å². The summed E-state index contributed by atoms with van der Waals surface area (Å²) < 4.78 is 0. The van der Waals surface area contributed by atoms with Crippen molar-refractivity contribution in [1.82, 2.24) is 15.5 Å². The maximum atomic E-state index is 8.92. The summed E-state index contributed by atoms with van der Waals surface area (Å²) in [6, 6.07) is 0. The van der Waals surface area contributed by atoms with Crippen molar-refractivity contribution in [2.75, 3.05) is 32.6 Å². The molecule has 0 saturated heterocycles. The number of nitriles is 1. The molecule has 30 heavy (non-hydrogen) atoms. The highest BCUT2D eigenvalue weighted by atomic mass is 32.2. The second-order valence-corrected chi connectivity index (χ2v) is 8.48. The van der Waals surface area contributed by atoms with Crippen molar-refractivity contribution < 1.29 is 14.7 Å². The van der Waals surface area contributed by atoms with E-state index in [1.165, 1.54) is 38.5 Å². The van der Waals surface area contributed by atoms with Gasteiger partial charge in [-0.3, -0.25) is 15.1 Å². The van der Waals surface area contributed by atoms with E-state index >= 15 is 0 Å². The molecule has 2 aliphatic rings. The first kappa shape index (κ1) is 24.7. The van der Waals surface area contributed by atoms with Gasteiger partial charge in [0.2, 0.25) is 5.96 Å². The molecule has 0 amide bonds. The van der Waals surface area contributed by atoms with E-state index in [1.54, 1.807) is 19.1 Å². The summed E-state index contributed by atoms with van der Waals surface area (Å²) in [6.07, 6.45) is 19.0. The molecule has 0 aromatic heterocycles. The molecular weight excluding hydrogens is 400 g/mol. The summed E-state index contributed by atoms with van der Waals surface area (Å²) in [7, 11) is 1.66. The molecule has 1 aliphatic heterocycles. The third-order valence-electron chi connectivity index (χ3n) is 5.26. The molecule has 0 aromatic rings. The molecule has 1 unspecified atom stereocenters. The smallest absolute Gasteiger partial charge is 0.209 e. The Bertz CT molecular complexity index is 599. The number of rotatable bonds is 13. The Balaban J connectivity index is 1.46. The standard InChI is InChI=1S/C21H36N6O2S/c1-28-27-14-11-20(12-15-27)25-21(24-18-22)23-13-7-2-3-8-16-30-26-29-17-19-9-5-4-6-10-19/h11-12,14,19,26H,2-10,13,15-17H2,1H3,(H2,23,24,25)/p+1. The maximum absolute atomic E-state index is 8.92. The van der Waals surface area contributed by atoms with Crippen LogP contribution in [-0.4, -0.2) is 38.5 Å². The minimum absolute atomic E-state index is 0.490. The molecular formula is C21H37N6O2S+. The van der Waals surface area contributed by atoms with Gasteiger partial charge in [0.25, 0.3) is 0 Å². The molecule has 4 N–H and O–H groups in total. The van der Waals surface area contributed by atoms with Crippen LogP contribution in [0.5, 0.6) is 0 Å². The van der Waals surface area contributed by atoms with Gasteiger partial charge in [-0.2, -0.15) is 10.3 Å². The van der Waals surface area contributed by atoms with Crippen molar-refractivity contribution in [2.24, 2.45) is 10.9 Å². The van der Waals surface area contributed by atoms with Crippen molar-refractivity contribution in [2.45, 2.75) is 57.8 Å². The zero-order valence-corrected chi connectivity index (χ0v) is 18.9. The normalized spacial score (nSPS) is 19.9. The van der Waals surface area contributed by atoms with E-state index in [9.17, 15) is 0 Å². The molecule has 8 nitrogen and oxygen atoms in total. The van der Waals surface area contributed by atoms with Crippen LogP contribution in [0.4, 0.5) is 0 Å².